The fourth-order valence-electron chi connectivity index (χ4n) is 2.25. The van der Waals surface area contributed by atoms with Gasteiger partial charge in [-0.3, -0.25) is 0 Å². The highest BCUT2D eigenvalue weighted by Gasteiger charge is 2.19. The molecule has 18 heavy (non-hydrogen) atoms. The first-order valence-corrected chi connectivity index (χ1v) is 6.50. The van der Waals surface area contributed by atoms with Gasteiger partial charge in [0.05, 0.1) is 11.9 Å². The van der Waals surface area contributed by atoms with Crippen molar-refractivity contribution in [3.05, 3.63) is 46.6 Å². The number of nitrogens with zero attached hydrogens (tertiary/aromatic N) is 1. The number of nitrogens with one attached hydrogen (secondary N) is 1. The molecule has 0 saturated heterocycles. The summed E-state index contributed by atoms with van der Waals surface area (Å²) in [5.74, 6) is 0.319. The molecular formula is C14H13FN2S. The van der Waals surface area contributed by atoms with E-state index in [-0.39, 0.29) is 5.82 Å². The zero-order valence-electron chi connectivity index (χ0n) is 9.82. The van der Waals surface area contributed by atoms with Gasteiger partial charge in [0.1, 0.15) is 0 Å². The molecule has 2 aromatic rings. The molecule has 1 aromatic carbocycles. The van der Waals surface area contributed by atoms with Crippen LogP contribution < -0.4 is 0 Å². The number of H-pyrrole nitrogens is 1. The van der Waals surface area contributed by atoms with E-state index in [0.717, 1.165) is 11.8 Å². The van der Waals surface area contributed by atoms with Gasteiger partial charge in [-0.2, -0.15) is 0 Å². The van der Waals surface area contributed by atoms with Crippen molar-refractivity contribution in [1.29, 1.82) is 0 Å². The van der Waals surface area contributed by atoms with Gasteiger partial charge in [-0.05, 0) is 36.5 Å². The minimum Gasteiger partial charge on any atom is -0.328 e. The normalized spacial score (nSPS) is 15.4. The van der Waals surface area contributed by atoms with E-state index in [9.17, 15) is 4.39 Å². The van der Waals surface area contributed by atoms with Crippen molar-refractivity contribution < 1.29 is 4.39 Å². The number of aromatic amines is 1. The van der Waals surface area contributed by atoms with Crippen LogP contribution in [-0.4, -0.2) is 9.97 Å². The van der Waals surface area contributed by atoms with Gasteiger partial charge >= 0.3 is 0 Å². The molecule has 1 aromatic heterocycles. The van der Waals surface area contributed by atoms with E-state index in [1.54, 1.807) is 0 Å². The molecule has 3 rings (SSSR count). The van der Waals surface area contributed by atoms with Crippen LogP contribution in [0, 0.1) is 10.6 Å². The van der Waals surface area contributed by atoms with Crippen LogP contribution in [0.15, 0.2) is 30.5 Å². The van der Waals surface area contributed by atoms with E-state index in [1.165, 1.54) is 24.8 Å². The topological polar surface area (TPSA) is 28.7 Å². The highest BCUT2D eigenvalue weighted by Crippen LogP contribution is 2.36. The maximum absolute atomic E-state index is 13.7. The Morgan fingerprint density at radius 1 is 1.22 bits per heavy atom. The van der Waals surface area contributed by atoms with E-state index >= 15 is 0 Å². The van der Waals surface area contributed by atoms with Crippen molar-refractivity contribution in [3.8, 4) is 11.3 Å². The second-order valence-electron chi connectivity index (χ2n) is 4.66. The molecule has 0 aliphatic heterocycles. The standard InChI is InChI=1S/C14H13FN2S/c15-12-8-16-14(18)17-13(12)11-6-4-10(5-7-11)9-2-1-3-9/h4-9H,1-3H2,(H,16,17,18). The van der Waals surface area contributed by atoms with E-state index in [2.05, 4.69) is 22.1 Å². The molecule has 0 bridgehead atoms. The van der Waals surface area contributed by atoms with Crippen molar-refractivity contribution in [3.63, 3.8) is 0 Å². The number of hydrogen-bond acceptors (Lipinski definition) is 2. The van der Waals surface area contributed by atoms with Crippen molar-refractivity contribution in [2.75, 3.05) is 0 Å². The molecular weight excluding hydrogens is 247 g/mol. The van der Waals surface area contributed by atoms with Crippen LogP contribution in [0.25, 0.3) is 11.3 Å². The molecule has 1 saturated carbocycles. The quantitative estimate of drug-likeness (QED) is 0.819. The Kier molecular flexibility index (Phi) is 2.96. The Morgan fingerprint density at radius 2 is 1.94 bits per heavy atom. The predicted octanol–water partition coefficient (Wildman–Crippen LogP) is 4.21. The van der Waals surface area contributed by atoms with Gasteiger partial charge in [-0.1, -0.05) is 30.7 Å². The summed E-state index contributed by atoms with van der Waals surface area (Å²) >= 11 is 4.92. The lowest BCUT2D eigenvalue weighted by atomic mass is 9.80. The van der Waals surface area contributed by atoms with Crippen molar-refractivity contribution >= 4 is 12.2 Å². The molecule has 1 fully saturated rings. The summed E-state index contributed by atoms with van der Waals surface area (Å²) in [6.45, 7) is 0. The third-order valence-corrected chi connectivity index (χ3v) is 3.75. The van der Waals surface area contributed by atoms with Gasteiger partial charge in [0.2, 0.25) is 0 Å². The first-order valence-electron chi connectivity index (χ1n) is 6.09. The number of benzene rings is 1. The largest absolute Gasteiger partial charge is 0.328 e. The van der Waals surface area contributed by atoms with Crippen LogP contribution in [0.4, 0.5) is 4.39 Å². The molecule has 1 aliphatic carbocycles. The molecule has 2 nitrogen and oxygen atoms in total. The van der Waals surface area contributed by atoms with E-state index in [1.807, 2.05) is 12.1 Å². The van der Waals surface area contributed by atoms with E-state index < -0.39 is 0 Å². The molecule has 4 heteroatoms. The maximum Gasteiger partial charge on any atom is 0.197 e. The Labute approximate surface area is 110 Å². The molecule has 92 valence electrons. The number of halogens is 1. The van der Waals surface area contributed by atoms with Crippen molar-refractivity contribution in [1.82, 2.24) is 9.97 Å². The fraction of sp³-hybridized carbons (Fsp3) is 0.286. The second-order valence-corrected chi connectivity index (χ2v) is 5.05. The number of aromatic nitrogens is 2. The SMILES string of the molecule is Fc1cnc(=S)[nH]c1-c1ccc(C2CCC2)cc1. The van der Waals surface area contributed by atoms with Gasteiger partial charge in [-0.25, -0.2) is 9.37 Å². The maximum atomic E-state index is 13.7. The van der Waals surface area contributed by atoms with Gasteiger partial charge in [-0.15, -0.1) is 0 Å². The lowest BCUT2D eigenvalue weighted by Gasteiger charge is -2.25. The summed E-state index contributed by atoms with van der Waals surface area (Å²) in [5.41, 5.74) is 2.57. The predicted molar refractivity (Wildman–Crippen MR) is 71.4 cm³/mol. The number of hydrogen-bond donors (Lipinski definition) is 1. The zero-order chi connectivity index (χ0) is 12.5. The average molecular weight is 260 g/mol. The summed E-state index contributed by atoms with van der Waals surface area (Å²) < 4.78 is 14.0. The van der Waals surface area contributed by atoms with Crippen LogP contribution in [0.1, 0.15) is 30.7 Å². The molecule has 0 amide bonds. The third-order valence-electron chi connectivity index (χ3n) is 3.54. The minimum atomic E-state index is -0.375. The van der Waals surface area contributed by atoms with Crippen LogP contribution in [-0.2, 0) is 0 Å². The van der Waals surface area contributed by atoms with Crippen LogP contribution in [0.2, 0.25) is 0 Å². The molecule has 1 N–H and O–H groups in total. The third kappa shape index (κ3) is 2.08. The molecule has 0 atom stereocenters. The fourth-order valence-corrected chi connectivity index (χ4v) is 2.41. The highest BCUT2D eigenvalue weighted by atomic mass is 32.1. The van der Waals surface area contributed by atoms with Gasteiger partial charge in [0, 0.05) is 5.56 Å². The smallest absolute Gasteiger partial charge is 0.197 e. The Bertz CT molecular complexity index is 614. The van der Waals surface area contributed by atoms with Crippen molar-refractivity contribution in [2.24, 2.45) is 0 Å². The van der Waals surface area contributed by atoms with Crippen LogP contribution in [0.5, 0.6) is 0 Å². The minimum absolute atomic E-state index is 0.300. The second kappa shape index (κ2) is 4.61. The Morgan fingerprint density at radius 3 is 2.56 bits per heavy atom. The van der Waals surface area contributed by atoms with Gasteiger partial charge < -0.3 is 4.98 Å². The first kappa shape index (κ1) is 11.5. The van der Waals surface area contributed by atoms with Crippen LogP contribution in [0.3, 0.4) is 0 Å². The summed E-state index contributed by atoms with van der Waals surface area (Å²) in [6.07, 6.45) is 5.02. The summed E-state index contributed by atoms with van der Waals surface area (Å²) in [6, 6.07) is 8.04. The molecule has 1 aliphatic rings. The van der Waals surface area contributed by atoms with Crippen molar-refractivity contribution in [2.45, 2.75) is 25.2 Å². The Balaban J connectivity index is 1.96. The monoisotopic (exact) mass is 260 g/mol. The zero-order valence-corrected chi connectivity index (χ0v) is 10.6. The lowest BCUT2D eigenvalue weighted by molar-refractivity contribution is 0.420. The number of rotatable bonds is 2. The summed E-state index contributed by atoms with van der Waals surface area (Å²) in [4.78, 5) is 6.51. The lowest BCUT2D eigenvalue weighted by Crippen LogP contribution is -2.08. The van der Waals surface area contributed by atoms with E-state index in [4.69, 9.17) is 12.2 Å². The first-order chi connectivity index (χ1) is 8.74. The Hall–Kier alpha value is -1.55. The average Bonchev–Trinajstić information content (AvgIpc) is 2.31. The van der Waals surface area contributed by atoms with Gasteiger partial charge in [0.25, 0.3) is 0 Å². The molecule has 0 spiro atoms. The van der Waals surface area contributed by atoms with Crippen LogP contribution >= 0.6 is 12.2 Å². The molecule has 1 heterocycles. The highest BCUT2D eigenvalue weighted by molar-refractivity contribution is 7.71. The van der Waals surface area contributed by atoms with E-state index in [0.29, 0.717) is 16.4 Å². The molecule has 0 unspecified atom stereocenters. The summed E-state index contributed by atoms with van der Waals surface area (Å²) in [5, 5.41) is 0. The summed E-state index contributed by atoms with van der Waals surface area (Å²) in [7, 11) is 0. The molecule has 0 radical (unpaired) electrons. The van der Waals surface area contributed by atoms with Gasteiger partial charge in [0.15, 0.2) is 10.6 Å².